The zero-order valence-electron chi connectivity index (χ0n) is 13.0. The maximum atomic E-state index is 12.4. The van der Waals surface area contributed by atoms with Crippen LogP contribution in [0.25, 0.3) is 11.0 Å². The molecule has 0 N–H and O–H groups in total. The molecule has 2 aromatic carbocycles. The molecule has 3 rings (SSSR count). The molecule has 130 valence electrons. The van der Waals surface area contributed by atoms with Crippen LogP contribution in [0.4, 0.5) is 0 Å². The molecule has 0 unspecified atom stereocenters. The Bertz CT molecular complexity index is 1120. The van der Waals surface area contributed by atoms with Crippen LogP contribution in [0.1, 0.15) is 11.1 Å². The molecule has 0 aliphatic carbocycles. The maximum Gasteiger partial charge on any atom is 0.339 e. The van der Waals surface area contributed by atoms with Crippen molar-refractivity contribution in [2.75, 3.05) is 0 Å². The van der Waals surface area contributed by atoms with Crippen LogP contribution in [-0.2, 0) is 16.0 Å². The highest BCUT2D eigenvalue weighted by atomic mass is 35.5. The first-order valence-corrected chi connectivity index (χ1v) is 9.46. The topological polar surface area (TPSA) is 73.6 Å². The van der Waals surface area contributed by atoms with Crippen molar-refractivity contribution in [3.63, 3.8) is 0 Å². The van der Waals surface area contributed by atoms with E-state index >= 15 is 0 Å². The lowest BCUT2D eigenvalue weighted by Gasteiger charge is -2.12. The molecule has 0 amide bonds. The van der Waals surface area contributed by atoms with Gasteiger partial charge < -0.3 is 8.60 Å². The minimum absolute atomic E-state index is 0.0577. The van der Waals surface area contributed by atoms with Gasteiger partial charge in [-0.15, -0.1) is 11.6 Å². The second kappa shape index (κ2) is 6.71. The van der Waals surface area contributed by atoms with Crippen molar-refractivity contribution in [1.82, 2.24) is 0 Å². The van der Waals surface area contributed by atoms with Gasteiger partial charge in [0.2, 0.25) is 0 Å². The Morgan fingerprint density at radius 1 is 1.16 bits per heavy atom. The Morgan fingerprint density at radius 2 is 1.92 bits per heavy atom. The second-order valence-corrected chi connectivity index (χ2v) is 7.53. The summed E-state index contributed by atoms with van der Waals surface area (Å²) in [5.41, 5.74) is 0.649. The summed E-state index contributed by atoms with van der Waals surface area (Å²) in [5, 5.41) is 0.900. The predicted octanol–water partition coefficient (Wildman–Crippen LogP) is 4.26. The van der Waals surface area contributed by atoms with E-state index in [-0.39, 0.29) is 27.1 Å². The first-order valence-electron chi connectivity index (χ1n) is 7.14. The highest BCUT2D eigenvalue weighted by Crippen LogP contribution is 2.31. The third kappa shape index (κ3) is 3.51. The number of hydrogen-bond donors (Lipinski definition) is 0. The van der Waals surface area contributed by atoms with E-state index in [1.165, 1.54) is 30.3 Å². The maximum absolute atomic E-state index is 12.4. The van der Waals surface area contributed by atoms with E-state index in [0.717, 1.165) is 0 Å². The number of halogens is 2. The van der Waals surface area contributed by atoms with E-state index in [1.54, 1.807) is 19.1 Å². The fourth-order valence-corrected chi connectivity index (χ4v) is 3.90. The summed E-state index contributed by atoms with van der Waals surface area (Å²) in [6.07, 6.45) is 0. The highest BCUT2D eigenvalue weighted by Gasteiger charge is 2.20. The Labute approximate surface area is 153 Å². The van der Waals surface area contributed by atoms with Crippen LogP contribution >= 0.6 is 23.2 Å². The van der Waals surface area contributed by atoms with Gasteiger partial charge in [0.05, 0.1) is 0 Å². The SMILES string of the molecule is Cc1c(OS(=O)(=O)c2cccc(Cl)c2)ccc2c(CCl)cc(=O)oc12. The fourth-order valence-electron chi connectivity index (χ4n) is 2.40. The minimum atomic E-state index is -4.08. The van der Waals surface area contributed by atoms with Gasteiger partial charge in [0.15, 0.2) is 0 Å². The molecule has 0 fully saturated rings. The van der Waals surface area contributed by atoms with Crippen LogP contribution in [-0.4, -0.2) is 8.42 Å². The van der Waals surface area contributed by atoms with Gasteiger partial charge in [-0.2, -0.15) is 8.42 Å². The van der Waals surface area contributed by atoms with Crippen molar-refractivity contribution in [3.8, 4) is 5.75 Å². The fraction of sp³-hybridized carbons (Fsp3) is 0.118. The zero-order valence-corrected chi connectivity index (χ0v) is 15.3. The monoisotopic (exact) mass is 398 g/mol. The van der Waals surface area contributed by atoms with Gasteiger partial charge in [-0.1, -0.05) is 17.7 Å². The quantitative estimate of drug-likeness (QED) is 0.372. The van der Waals surface area contributed by atoms with Crippen molar-refractivity contribution >= 4 is 44.3 Å². The van der Waals surface area contributed by atoms with E-state index in [4.69, 9.17) is 31.8 Å². The van der Waals surface area contributed by atoms with E-state index in [0.29, 0.717) is 16.5 Å². The molecule has 0 aliphatic rings. The third-order valence-electron chi connectivity index (χ3n) is 3.63. The summed E-state index contributed by atoms with van der Waals surface area (Å²) in [5.74, 6) is 0.185. The van der Waals surface area contributed by atoms with E-state index in [9.17, 15) is 13.2 Å². The van der Waals surface area contributed by atoms with Crippen LogP contribution in [0.5, 0.6) is 5.75 Å². The molecule has 25 heavy (non-hydrogen) atoms. The number of alkyl halides is 1. The lowest BCUT2D eigenvalue weighted by atomic mass is 10.1. The van der Waals surface area contributed by atoms with E-state index < -0.39 is 15.7 Å². The van der Waals surface area contributed by atoms with Gasteiger partial charge in [0, 0.05) is 27.9 Å². The number of hydrogen-bond acceptors (Lipinski definition) is 5. The summed E-state index contributed by atoms with van der Waals surface area (Å²) in [4.78, 5) is 11.6. The van der Waals surface area contributed by atoms with Crippen molar-refractivity contribution < 1.29 is 17.0 Å². The number of rotatable bonds is 4. The minimum Gasteiger partial charge on any atom is -0.422 e. The average Bonchev–Trinajstić information content (AvgIpc) is 2.57. The molecular weight excluding hydrogens is 387 g/mol. The average molecular weight is 399 g/mol. The van der Waals surface area contributed by atoms with Crippen LogP contribution in [0.3, 0.4) is 0 Å². The summed E-state index contributed by atoms with van der Waals surface area (Å²) in [7, 11) is -4.08. The largest absolute Gasteiger partial charge is 0.422 e. The number of fused-ring (bicyclic) bond motifs is 1. The Morgan fingerprint density at radius 3 is 2.60 bits per heavy atom. The summed E-state index contributed by atoms with van der Waals surface area (Å²) >= 11 is 11.7. The van der Waals surface area contributed by atoms with Gasteiger partial charge in [-0.25, -0.2) is 4.79 Å². The summed E-state index contributed by atoms with van der Waals surface area (Å²) in [6, 6.07) is 10.1. The lowest BCUT2D eigenvalue weighted by Crippen LogP contribution is -2.11. The van der Waals surface area contributed by atoms with Crippen molar-refractivity contribution in [1.29, 1.82) is 0 Å². The molecule has 1 heterocycles. The summed E-state index contributed by atoms with van der Waals surface area (Å²) in [6.45, 7) is 1.60. The molecule has 0 spiro atoms. The molecule has 0 radical (unpaired) electrons. The molecule has 0 bridgehead atoms. The Balaban J connectivity index is 2.11. The first-order chi connectivity index (χ1) is 11.8. The zero-order chi connectivity index (χ0) is 18.2. The lowest BCUT2D eigenvalue weighted by molar-refractivity contribution is 0.482. The van der Waals surface area contributed by atoms with Gasteiger partial charge >= 0.3 is 15.7 Å². The normalized spacial score (nSPS) is 11.6. The highest BCUT2D eigenvalue weighted by molar-refractivity contribution is 7.87. The van der Waals surface area contributed by atoms with Crippen LogP contribution in [0, 0.1) is 6.92 Å². The number of benzene rings is 2. The Kier molecular flexibility index (Phi) is 4.77. The van der Waals surface area contributed by atoms with E-state index in [1.807, 2.05) is 0 Å². The molecule has 3 aromatic rings. The van der Waals surface area contributed by atoms with Crippen LogP contribution in [0.2, 0.25) is 5.02 Å². The molecule has 0 saturated heterocycles. The van der Waals surface area contributed by atoms with Crippen molar-refractivity contribution in [2.24, 2.45) is 0 Å². The van der Waals surface area contributed by atoms with E-state index in [2.05, 4.69) is 0 Å². The van der Waals surface area contributed by atoms with Gasteiger partial charge in [0.25, 0.3) is 0 Å². The molecule has 5 nitrogen and oxygen atoms in total. The smallest absolute Gasteiger partial charge is 0.339 e. The molecule has 8 heteroatoms. The molecule has 0 atom stereocenters. The third-order valence-corrected chi connectivity index (χ3v) is 5.38. The molecule has 0 saturated carbocycles. The molecular formula is C17H12Cl2O5S. The first kappa shape index (κ1) is 17.8. The van der Waals surface area contributed by atoms with Gasteiger partial charge in [-0.3, -0.25) is 0 Å². The molecule has 1 aromatic heterocycles. The van der Waals surface area contributed by atoms with Gasteiger partial charge in [-0.05, 0) is 42.8 Å². The van der Waals surface area contributed by atoms with Gasteiger partial charge in [0.1, 0.15) is 16.2 Å². The van der Waals surface area contributed by atoms with Crippen LogP contribution in [0.15, 0.2) is 56.6 Å². The Hall–Kier alpha value is -2.02. The summed E-state index contributed by atoms with van der Waals surface area (Å²) < 4.78 is 35.3. The number of aryl methyl sites for hydroxylation is 1. The van der Waals surface area contributed by atoms with Crippen molar-refractivity contribution in [3.05, 3.63) is 69.0 Å². The standard InChI is InChI=1S/C17H12Cl2O5S/c1-10-15(24-25(21,22)13-4-2-3-12(19)8-13)6-5-14-11(9-18)7-16(20)23-17(10)14/h2-8H,9H2,1H3. The molecule has 0 aliphatic heterocycles. The van der Waals surface area contributed by atoms with Crippen LogP contribution < -0.4 is 9.81 Å². The predicted molar refractivity (Wildman–Crippen MR) is 96.0 cm³/mol. The second-order valence-electron chi connectivity index (χ2n) is 5.28. The van der Waals surface area contributed by atoms with Crippen molar-refractivity contribution in [2.45, 2.75) is 17.7 Å².